The van der Waals surface area contributed by atoms with Crippen molar-refractivity contribution in [3.05, 3.63) is 39.6 Å². The van der Waals surface area contributed by atoms with E-state index in [1.165, 1.54) is 21.9 Å². The second-order valence-corrected chi connectivity index (χ2v) is 6.87. The maximum Gasteiger partial charge on any atom is 0.275 e. The van der Waals surface area contributed by atoms with Gasteiger partial charge in [0, 0.05) is 24.8 Å². The topological polar surface area (TPSA) is 72.5 Å². The van der Waals surface area contributed by atoms with Gasteiger partial charge in [0.2, 0.25) is 11.7 Å². The molecule has 24 heavy (non-hydrogen) atoms. The number of carbonyl (C=O) groups is 1. The van der Waals surface area contributed by atoms with Gasteiger partial charge in [-0.3, -0.25) is 9.59 Å². The molecule has 0 aromatic carbocycles. The molecule has 3 aromatic heterocycles. The molecule has 0 bridgehead atoms. The number of rotatable bonds is 3. The zero-order valence-electron chi connectivity index (χ0n) is 13.3. The number of thiophene rings is 1. The standard InChI is InChI=1S/C16H17N5O2S/c1-11-9-13(22)21-16(17-15(18-21)12-5-4-8-24-12)20(11)10-14(23)19-6-2-3-7-19/h4-5,8-9H,2-3,6-7,10H2,1H3. The average molecular weight is 343 g/mol. The van der Waals surface area contributed by atoms with Crippen LogP contribution in [-0.2, 0) is 11.3 Å². The van der Waals surface area contributed by atoms with Crippen molar-refractivity contribution in [1.82, 2.24) is 24.1 Å². The first-order valence-corrected chi connectivity index (χ1v) is 8.80. The van der Waals surface area contributed by atoms with Gasteiger partial charge >= 0.3 is 0 Å². The van der Waals surface area contributed by atoms with E-state index in [1.54, 1.807) is 4.57 Å². The van der Waals surface area contributed by atoms with Gasteiger partial charge in [-0.25, -0.2) is 0 Å². The number of fused-ring (bicyclic) bond motifs is 1. The fourth-order valence-electron chi connectivity index (χ4n) is 3.01. The van der Waals surface area contributed by atoms with Crippen LogP contribution in [0.1, 0.15) is 18.5 Å². The summed E-state index contributed by atoms with van der Waals surface area (Å²) in [5, 5.41) is 6.26. The number of hydrogen-bond donors (Lipinski definition) is 0. The van der Waals surface area contributed by atoms with Crippen LogP contribution in [-0.4, -0.2) is 43.1 Å². The molecule has 3 aromatic rings. The highest BCUT2D eigenvalue weighted by Crippen LogP contribution is 2.21. The molecule has 0 unspecified atom stereocenters. The van der Waals surface area contributed by atoms with Crippen molar-refractivity contribution in [3.63, 3.8) is 0 Å². The molecule has 0 N–H and O–H groups in total. The average Bonchev–Trinajstić information content (AvgIpc) is 3.32. The van der Waals surface area contributed by atoms with E-state index in [2.05, 4.69) is 10.1 Å². The van der Waals surface area contributed by atoms with Crippen molar-refractivity contribution in [2.45, 2.75) is 26.3 Å². The fourth-order valence-corrected chi connectivity index (χ4v) is 3.66. The van der Waals surface area contributed by atoms with Gasteiger partial charge in [0.05, 0.1) is 4.88 Å². The molecule has 1 aliphatic heterocycles. The van der Waals surface area contributed by atoms with Crippen LogP contribution < -0.4 is 5.56 Å². The summed E-state index contributed by atoms with van der Waals surface area (Å²) >= 11 is 1.52. The summed E-state index contributed by atoms with van der Waals surface area (Å²) in [6, 6.07) is 5.33. The third kappa shape index (κ3) is 2.52. The van der Waals surface area contributed by atoms with Gasteiger partial charge in [0.25, 0.3) is 5.56 Å². The lowest BCUT2D eigenvalue weighted by atomic mass is 10.4. The Morgan fingerprint density at radius 1 is 1.33 bits per heavy atom. The van der Waals surface area contributed by atoms with Crippen LogP contribution in [0.4, 0.5) is 0 Å². The highest BCUT2D eigenvalue weighted by molar-refractivity contribution is 7.13. The predicted molar refractivity (Wildman–Crippen MR) is 91.1 cm³/mol. The number of nitrogens with zero attached hydrogens (tertiary/aromatic N) is 5. The number of hydrogen-bond acceptors (Lipinski definition) is 5. The molecule has 4 heterocycles. The van der Waals surface area contributed by atoms with E-state index in [9.17, 15) is 9.59 Å². The molecule has 7 nitrogen and oxygen atoms in total. The van der Waals surface area contributed by atoms with Crippen LogP contribution in [0.15, 0.2) is 28.4 Å². The summed E-state index contributed by atoms with van der Waals surface area (Å²) in [4.78, 5) is 32.0. The molecule has 1 saturated heterocycles. The van der Waals surface area contributed by atoms with Gasteiger partial charge in [-0.05, 0) is 31.2 Å². The van der Waals surface area contributed by atoms with Crippen molar-refractivity contribution in [1.29, 1.82) is 0 Å². The van der Waals surface area contributed by atoms with Gasteiger partial charge in [0.1, 0.15) is 6.54 Å². The monoisotopic (exact) mass is 343 g/mol. The van der Waals surface area contributed by atoms with E-state index >= 15 is 0 Å². The van der Waals surface area contributed by atoms with Crippen molar-refractivity contribution < 1.29 is 4.79 Å². The Hall–Kier alpha value is -2.48. The SMILES string of the molecule is Cc1cc(=O)n2nc(-c3cccs3)nc2n1CC(=O)N1CCCC1. The molecule has 1 aliphatic rings. The molecule has 4 rings (SSSR count). The number of carbonyl (C=O) groups excluding carboxylic acids is 1. The first-order valence-electron chi connectivity index (χ1n) is 7.92. The van der Waals surface area contributed by atoms with Gasteiger partial charge < -0.3 is 9.47 Å². The van der Waals surface area contributed by atoms with Crippen LogP contribution in [0.5, 0.6) is 0 Å². The number of likely N-dealkylation sites (tertiary alicyclic amines) is 1. The molecule has 1 fully saturated rings. The summed E-state index contributed by atoms with van der Waals surface area (Å²) in [5.74, 6) is 0.979. The highest BCUT2D eigenvalue weighted by atomic mass is 32.1. The molecule has 8 heteroatoms. The molecular formula is C16H17N5O2S. The molecule has 1 amide bonds. The van der Waals surface area contributed by atoms with E-state index < -0.39 is 0 Å². The summed E-state index contributed by atoms with van der Waals surface area (Å²) in [7, 11) is 0. The molecule has 0 saturated carbocycles. The first-order chi connectivity index (χ1) is 11.6. The largest absolute Gasteiger partial charge is 0.341 e. The predicted octanol–water partition coefficient (Wildman–Crippen LogP) is 1.55. The third-order valence-electron chi connectivity index (χ3n) is 4.29. The lowest BCUT2D eigenvalue weighted by Crippen LogP contribution is -2.33. The summed E-state index contributed by atoms with van der Waals surface area (Å²) in [5.41, 5.74) is 0.479. The second-order valence-electron chi connectivity index (χ2n) is 5.92. The lowest BCUT2D eigenvalue weighted by molar-refractivity contribution is -0.130. The zero-order valence-corrected chi connectivity index (χ0v) is 14.1. The fraction of sp³-hybridized carbons (Fsp3) is 0.375. The van der Waals surface area contributed by atoms with Gasteiger partial charge in [-0.1, -0.05) is 6.07 Å². The minimum Gasteiger partial charge on any atom is -0.341 e. The van der Waals surface area contributed by atoms with Crippen LogP contribution >= 0.6 is 11.3 Å². The normalized spacial score (nSPS) is 14.6. The van der Waals surface area contributed by atoms with E-state index in [0.717, 1.165) is 30.8 Å². The van der Waals surface area contributed by atoms with E-state index in [0.29, 0.717) is 17.3 Å². The molecule has 124 valence electrons. The second kappa shape index (κ2) is 5.86. The van der Waals surface area contributed by atoms with Crippen molar-refractivity contribution in [3.8, 4) is 10.7 Å². The van der Waals surface area contributed by atoms with Gasteiger partial charge in [-0.15, -0.1) is 16.4 Å². The lowest BCUT2D eigenvalue weighted by Gasteiger charge is -2.17. The zero-order chi connectivity index (χ0) is 16.7. The van der Waals surface area contributed by atoms with E-state index in [-0.39, 0.29) is 18.0 Å². The quantitative estimate of drug-likeness (QED) is 0.723. The molecule has 0 spiro atoms. The number of amides is 1. The Morgan fingerprint density at radius 2 is 2.12 bits per heavy atom. The van der Waals surface area contributed by atoms with Gasteiger partial charge in [0.15, 0.2) is 5.82 Å². The Morgan fingerprint density at radius 3 is 2.83 bits per heavy atom. The van der Waals surface area contributed by atoms with Crippen molar-refractivity contribution in [2.75, 3.05) is 13.1 Å². The molecule has 0 atom stereocenters. The number of aromatic nitrogens is 4. The smallest absolute Gasteiger partial charge is 0.275 e. The Balaban J connectivity index is 1.79. The molecular weight excluding hydrogens is 326 g/mol. The van der Waals surface area contributed by atoms with Crippen molar-refractivity contribution >= 4 is 23.0 Å². The Kier molecular flexibility index (Phi) is 3.68. The minimum absolute atomic E-state index is 0.0572. The van der Waals surface area contributed by atoms with Crippen LogP contribution in [0.2, 0.25) is 0 Å². The number of aryl methyl sites for hydroxylation is 1. The third-order valence-corrected chi connectivity index (χ3v) is 5.16. The summed E-state index contributed by atoms with van der Waals surface area (Å²) in [6.45, 7) is 3.61. The molecule has 0 aliphatic carbocycles. The molecule has 0 radical (unpaired) electrons. The highest BCUT2D eigenvalue weighted by Gasteiger charge is 2.21. The van der Waals surface area contributed by atoms with E-state index in [1.807, 2.05) is 29.3 Å². The van der Waals surface area contributed by atoms with E-state index in [4.69, 9.17) is 0 Å². The van der Waals surface area contributed by atoms with Crippen LogP contribution in [0, 0.1) is 6.92 Å². The summed E-state index contributed by atoms with van der Waals surface area (Å²) < 4.78 is 3.05. The van der Waals surface area contributed by atoms with Gasteiger partial charge in [-0.2, -0.15) is 9.50 Å². The minimum atomic E-state index is -0.234. The maximum atomic E-state index is 12.5. The Labute approximate surface area is 142 Å². The maximum absolute atomic E-state index is 12.5. The van der Waals surface area contributed by atoms with Crippen molar-refractivity contribution in [2.24, 2.45) is 0 Å². The summed E-state index contributed by atoms with van der Waals surface area (Å²) in [6.07, 6.45) is 2.11. The Bertz CT molecular complexity index is 951. The van der Waals surface area contributed by atoms with Crippen LogP contribution in [0.3, 0.4) is 0 Å². The first kappa shape index (κ1) is 15.1. The van der Waals surface area contributed by atoms with Crippen LogP contribution in [0.25, 0.3) is 16.5 Å².